The van der Waals surface area contributed by atoms with E-state index in [4.69, 9.17) is 0 Å². The lowest BCUT2D eigenvalue weighted by Crippen LogP contribution is -2.60. The predicted octanol–water partition coefficient (Wildman–Crippen LogP) is 5.76. The van der Waals surface area contributed by atoms with Crippen molar-refractivity contribution in [1.82, 2.24) is 20.4 Å². The molecule has 3 N–H and O–H groups in total. The largest absolute Gasteiger partial charge is 0.390 e. The van der Waals surface area contributed by atoms with Crippen molar-refractivity contribution in [3.63, 3.8) is 0 Å². The lowest BCUT2D eigenvalue weighted by atomic mass is 9.72. The molecule has 3 aromatic rings. The summed E-state index contributed by atoms with van der Waals surface area (Å²) in [5.74, 6) is 0.504. The number of benzene rings is 3. The summed E-state index contributed by atoms with van der Waals surface area (Å²) in [6, 6.07) is 23.9. The van der Waals surface area contributed by atoms with Crippen molar-refractivity contribution in [3.05, 3.63) is 107 Å². The first-order valence-electron chi connectivity index (χ1n) is 17.9. The van der Waals surface area contributed by atoms with Crippen LogP contribution < -0.4 is 10.6 Å². The lowest BCUT2D eigenvalue weighted by molar-refractivity contribution is -0.132. The second-order valence-electron chi connectivity index (χ2n) is 15.3. The third kappa shape index (κ3) is 9.79. The Bertz CT molecular complexity index is 1570. The third-order valence-corrected chi connectivity index (χ3v) is 10.1. The van der Waals surface area contributed by atoms with Crippen molar-refractivity contribution in [2.45, 2.75) is 96.5 Å². The number of hydrogen-bond donors (Lipinski definition) is 3. The highest BCUT2D eigenvalue weighted by Gasteiger charge is 2.42. The van der Waals surface area contributed by atoms with Gasteiger partial charge in [0.1, 0.15) is 0 Å². The molecule has 0 spiro atoms. The fraction of sp³-hybridized carbons (Fsp3) is 0.488. The molecule has 262 valence electrons. The molecule has 1 saturated heterocycles. The number of piperidine rings is 1. The molecule has 5 atom stereocenters. The summed E-state index contributed by atoms with van der Waals surface area (Å²) < 4.78 is 0. The third-order valence-electron chi connectivity index (χ3n) is 10.1. The van der Waals surface area contributed by atoms with Crippen molar-refractivity contribution >= 4 is 17.7 Å². The molecular weight excluding hydrogens is 612 g/mol. The average Bonchev–Trinajstić information content (AvgIpc) is 3.07. The number of rotatable bonds is 11. The maximum Gasteiger partial charge on any atom is 0.253 e. The van der Waals surface area contributed by atoms with Gasteiger partial charge in [-0.1, -0.05) is 86.0 Å². The molecule has 2 aliphatic rings. The maximum absolute atomic E-state index is 14.0. The zero-order valence-electron chi connectivity index (χ0n) is 29.8. The molecule has 49 heavy (non-hydrogen) atoms. The Morgan fingerprint density at radius 3 is 2.20 bits per heavy atom. The number of aryl methyl sites for hydroxylation is 1. The number of likely N-dealkylation sites (tertiary alicyclic amines) is 1. The Balaban J connectivity index is 1.35. The van der Waals surface area contributed by atoms with E-state index in [1.807, 2.05) is 88.4 Å². The van der Waals surface area contributed by atoms with Gasteiger partial charge in [-0.05, 0) is 87.6 Å². The van der Waals surface area contributed by atoms with Gasteiger partial charge in [0, 0.05) is 43.3 Å². The van der Waals surface area contributed by atoms with Crippen molar-refractivity contribution < 1.29 is 19.5 Å². The van der Waals surface area contributed by atoms with E-state index >= 15 is 0 Å². The van der Waals surface area contributed by atoms with Gasteiger partial charge in [0.05, 0.1) is 18.2 Å². The highest BCUT2D eigenvalue weighted by Crippen LogP contribution is 2.39. The monoisotopic (exact) mass is 666 g/mol. The zero-order valence-corrected chi connectivity index (χ0v) is 29.8. The fourth-order valence-corrected chi connectivity index (χ4v) is 7.54. The van der Waals surface area contributed by atoms with Gasteiger partial charge in [0.15, 0.2) is 0 Å². The van der Waals surface area contributed by atoms with Crippen LogP contribution in [0.2, 0.25) is 0 Å². The van der Waals surface area contributed by atoms with Gasteiger partial charge in [-0.25, -0.2) is 0 Å². The molecule has 3 aromatic carbocycles. The van der Waals surface area contributed by atoms with Crippen molar-refractivity contribution in [2.24, 2.45) is 11.8 Å². The van der Waals surface area contributed by atoms with Crippen molar-refractivity contribution in [3.8, 4) is 0 Å². The smallest absolute Gasteiger partial charge is 0.253 e. The Labute approximate surface area is 292 Å². The number of fused-ring (bicyclic) bond motifs is 1. The SMILES string of the molecule is Cc1ccc(C(=O)N(C)Cc2ccccc2)cc1C(=O)N[C@@H](Cc1ccccc1)[C@H](O)CN1CC2CCCCC2CC1C(=O)NC(C)(C)C. The number of aliphatic hydroxyl groups excluding tert-OH is 1. The normalized spacial score (nSPS) is 20.8. The number of carbonyl (C=O) groups excluding carboxylic acids is 3. The van der Waals surface area contributed by atoms with Crippen LogP contribution in [0.1, 0.15) is 90.3 Å². The Hall–Kier alpha value is -4.01. The number of nitrogens with zero attached hydrogens (tertiary/aromatic N) is 2. The van der Waals surface area contributed by atoms with Gasteiger partial charge in [-0.3, -0.25) is 19.3 Å². The number of aliphatic hydroxyl groups is 1. The summed E-state index contributed by atoms with van der Waals surface area (Å²) in [4.78, 5) is 44.9. The van der Waals surface area contributed by atoms with Crippen LogP contribution in [-0.4, -0.2) is 76.5 Å². The average molecular weight is 667 g/mol. The standard InChI is InChI=1S/C41H54N4O4/c1-28-20-21-32(40(49)44(5)25-30-16-10-7-11-17-30)23-34(28)38(47)42-35(22-29-14-8-6-9-15-29)37(46)27-45-26-33-19-13-12-18-31(33)24-36(45)39(48)43-41(2,3)4/h6-11,14-17,20-21,23,31,33,35-37,46H,12-13,18-19,22,24-27H2,1-5H3,(H,42,47)(H,43,48)/t31?,33?,35-,36?,37+/m0/s1. The fourth-order valence-electron chi connectivity index (χ4n) is 7.54. The molecule has 0 aromatic heterocycles. The van der Waals surface area contributed by atoms with Gasteiger partial charge in [0.2, 0.25) is 5.91 Å². The summed E-state index contributed by atoms with van der Waals surface area (Å²) in [7, 11) is 1.76. The van der Waals surface area contributed by atoms with Crippen LogP contribution in [0.15, 0.2) is 78.9 Å². The van der Waals surface area contributed by atoms with E-state index in [0.717, 1.165) is 42.5 Å². The first-order valence-corrected chi connectivity index (χ1v) is 17.9. The summed E-state index contributed by atoms with van der Waals surface area (Å²) in [5, 5.41) is 18.3. The van der Waals surface area contributed by atoms with Crippen LogP contribution in [-0.2, 0) is 17.8 Å². The minimum Gasteiger partial charge on any atom is -0.390 e. The van der Waals surface area contributed by atoms with E-state index in [-0.39, 0.29) is 35.8 Å². The number of carbonyl (C=O) groups is 3. The summed E-state index contributed by atoms with van der Waals surface area (Å²) in [5.41, 5.74) is 3.21. The van der Waals surface area contributed by atoms with E-state index in [2.05, 4.69) is 15.5 Å². The van der Waals surface area contributed by atoms with Gasteiger partial charge in [-0.15, -0.1) is 0 Å². The Morgan fingerprint density at radius 1 is 0.918 bits per heavy atom. The van der Waals surface area contributed by atoms with E-state index in [0.29, 0.717) is 35.9 Å². The quantitative estimate of drug-likeness (QED) is 0.242. The molecule has 5 rings (SSSR count). The molecule has 8 nitrogen and oxygen atoms in total. The molecule has 1 aliphatic heterocycles. The highest BCUT2D eigenvalue weighted by atomic mass is 16.3. The Kier molecular flexibility index (Phi) is 11.9. The molecule has 0 radical (unpaired) electrons. The minimum atomic E-state index is -0.934. The van der Waals surface area contributed by atoms with E-state index in [1.54, 1.807) is 30.1 Å². The van der Waals surface area contributed by atoms with Crippen molar-refractivity contribution in [2.75, 3.05) is 20.1 Å². The van der Waals surface area contributed by atoms with Gasteiger partial charge < -0.3 is 20.6 Å². The van der Waals surface area contributed by atoms with Crippen LogP contribution in [0.3, 0.4) is 0 Å². The summed E-state index contributed by atoms with van der Waals surface area (Å²) >= 11 is 0. The molecule has 8 heteroatoms. The number of β-amino-alcohol motifs (C(OH)–C–C–N with tert-alkyl or cyclic N) is 1. The van der Waals surface area contributed by atoms with Crippen LogP contribution in [0.5, 0.6) is 0 Å². The van der Waals surface area contributed by atoms with E-state index in [1.165, 1.54) is 12.8 Å². The molecule has 3 unspecified atom stereocenters. The second kappa shape index (κ2) is 16.1. The molecular formula is C41H54N4O4. The number of hydrogen-bond acceptors (Lipinski definition) is 5. The van der Waals surface area contributed by atoms with Crippen LogP contribution >= 0.6 is 0 Å². The second-order valence-corrected chi connectivity index (χ2v) is 15.3. The molecule has 0 bridgehead atoms. The van der Waals surface area contributed by atoms with Crippen LogP contribution in [0, 0.1) is 18.8 Å². The molecule has 2 fully saturated rings. The predicted molar refractivity (Wildman–Crippen MR) is 194 cm³/mol. The minimum absolute atomic E-state index is 0.00158. The highest BCUT2D eigenvalue weighted by molar-refractivity contribution is 6.00. The summed E-state index contributed by atoms with van der Waals surface area (Å²) in [6.45, 7) is 9.31. The number of amides is 3. The number of nitrogens with one attached hydrogen (secondary N) is 2. The van der Waals surface area contributed by atoms with Gasteiger partial charge in [-0.2, -0.15) is 0 Å². The van der Waals surface area contributed by atoms with Gasteiger partial charge >= 0.3 is 0 Å². The molecule has 1 heterocycles. The van der Waals surface area contributed by atoms with E-state index in [9.17, 15) is 19.5 Å². The van der Waals surface area contributed by atoms with Crippen molar-refractivity contribution in [1.29, 1.82) is 0 Å². The first kappa shape index (κ1) is 36.3. The summed E-state index contributed by atoms with van der Waals surface area (Å²) in [6.07, 6.45) is 4.97. The Morgan fingerprint density at radius 2 is 1.55 bits per heavy atom. The topological polar surface area (TPSA) is 102 Å². The lowest BCUT2D eigenvalue weighted by Gasteiger charge is -2.47. The van der Waals surface area contributed by atoms with Crippen LogP contribution in [0.4, 0.5) is 0 Å². The molecule has 1 saturated carbocycles. The molecule has 3 amide bonds. The van der Waals surface area contributed by atoms with Gasteiger partial charge in [0.25, 0.3) is 11.8 Å². The molecule has 1 aliphatic carbocycles. The first-order chi connectivity index (χ1) is 23.4. The zero-order chi connectivity index (χ0) is 35.1. The van der Waals surface area contributed by atoms with E-state index < -0.39 is 12.1 Å². The van der Waals surface area contributed by atoms with Crippen LogP contribution in [0.25, 0.3) is 0 Å². The maximum atomic E-state index is 14.0.